The van der Waals surface area contributed by atoms with Crippen LogP contribution in [-0.2, 0) is 14.8 Å². The number of carbonyl (C=O) groups is 2. The summed E-state index contributed by atoms with van der Waals surface area (Å²) in [5.41, 5.74) is 1.85. The molecule has 7 nitrogen and oxygen atoms in total. The number of hydrogen-bond acceptors (Lipinski definition) is 5. The summed E-state index contributed by atoms with van der Waals surface area (Å²) in [7, 11) is -3.65. The molecule has 1 N–H and O–H groups in total. The largest absolute Gasteiger partial charge is 0.462 e. The average Bonchev–Trinajstić information content (AvgIpc) is 2.75. The van der Waals surface area contributed by atoms with Gasteiger partial charge in [-0.15, -0.1) is 0 Å². The number of hydrogen-bond donors (Lipinski definition) is 1. The fraction of sp³-hybridized carbons (Fsp3) is 0.391. The minimum atomic E-state index is -3.65. The minimum absolute atomic E-state index is 0.121. The van der Waals surface area contributed by atoms with Crippen LogP contribution in [0.1, 0.15) is 53.0 Å². The number of anilines is 1. The van der Waals surface area contributed by atoms with Gasteiger partial charge in [0.2, 0.25) is 10.0 Å². The fourth-order valence-electron chi connectivity index (χ4n) is 3.48. The van der Waals surface area contributed by atoms with Crippen LogP contribution in [0.2, 0.25) is 0 Å². The lowest BCUT2D eigenvalue weighted by Gasteiger charge is -2.29. The van der Waals surface area contributed by atoms with Gasteiger partial charge in [0, 0.05) is 24.3 Å². The summed E-state index contributed by atoms with van der Waals surface area (Å²) in [4.78, 5) is 24.7. The third kappa shape index (κ3) is 5.32. The Morgan fingerprint density at radius 2 is 1.74 bits per heavy atom. The van der Waals surface area contributed by atoms with E-state index in [2.05, 4.69) is 12.2 Å². The second-order valence-electron chi connectivity index (χ2n) is 7.82. The monoisotopic (exact) mass is 444 g/mol. The highest BCUT2D eigenvalue weighted by Gasteiger charge is 2.29. The van der Waals surface area contributed by atoms with Crippen molar-refractivity contribution in [2.75, 3.05) is 25.0 Å². The molecule has 31 heavy (non-hydrogen) atoms. The SMILES string of the molecule is CCOC(=O)c1ccc(NC(=O)c2cc(S(=O)(=O)N3CCC(C)CC3)ccc2C)cc1. The zero-order chi connectivity index (χ0) is 22.6. The smallest absolute Gasteiger partial charge is 0.338 e. The second-order valence-corrected chi connectivity index (χ2v) is 9.75. The van der Waals surface area contributed by atoms with Crippen molar-refractivity contribution in [2.24, 2.45) is 5.92 Å². The number of piperidine rings is 1. The summed E-state index contributed by atoms with van der Waals surface area (Å²) in [6, 6.07) is 11.0. The quantitative estimate of drug-likeness (QED) is 0.684. The molecule has 0 atom stereocenters. The Balaban J connectivity index is 1.78. The van der Waals surface area contributed by atoms with Crippen LogP contribution in [0.15, 0.2) is 47.4 Å². The van der Waals surface area contributed by atoms with Crippen molar-refractivity contribution in [3.05, 3.63) is 59.2 Å². The molecule has 1 aliphatic rings. The molecule has 0 aromatic heterocycles. The molecule has 0 unspecified atom stereocenters. The van der Waals surface area contributed by atoms with Gasteiger partial charge in [0.25, 0.3) is 5.91 Å². The molecule has 1 saturated heterocycles. The summed E-state index contributed by atoms with van der Waals surface area (Å²) >= 11 is 0. The van der Waals surface area contributed by atoms with Crippen molar-refractivity contribution >= 4 is 27.6 Å². The molecule has 8 heteroatoms. The number of nitrogens with zero attached hydrogens (tertiary/aromatic N) is 1. The van der Waals surface area contributed by atoms with E-state index in [9.17, 15) is 18.0 Å². The van der Waals surface area contributed by atoms with Crippen LogP contribution < -0.4 is 5.32 Å². The Morgan fingerprint density at radius 1 is 1.10 bits per heavy atom. The molecular formula is C23H28N2O5S. The van der Waals surface area contributed by atoms with Gasteiger partial charge in [0.15, 0.2) is 0 Å². The molecule has 0 aliphatic carbocycles. The van der Waals surface area contributed by atoms with Gasteiger partial charge in [0.05, 0.1) is 17.1 Å². The maximum absolute atomic E-state index is 13.0. The molecule has 2 aromatic carbocycles. The number of sulfonamides is 1. The third-order valence-electron chi connectivity index (χ3n) is 5.49. The fourth-order valence-corrected chi connectivity index (χ4v) is 4.98. The lowest BCUT2D eigenvalue weighted by atomic mass is 10.0. The first-order chi connectivity index (χ1) is 14.7. The molecular weight excluding hydrogens is 416 g/mol. The van der Waals surface area contributed by atoms with E-state index in [0.717, 1.165) is 12.8 Å². The van der Waals surface area contributed by atoms with Crippen molar-refractivity contribution in [1.82, 2.24) is 4.31 Å². The number of rotatable bonds is 6. The molecule has 0 bridgehead atoms. The van der Waals surface area contributed by atoms with E-state index >= 15 is 0 Å². The van der Waals surface area contributed by atoms with E-state index in [1.54, 1.807) is 50.2 Å². The Hall–Kier alpha value is -2.71. The van der Waals surface area contributed by atoms with E-state index in [1.165, 1.54) is 10.4 Å². The molecule has 3 rings (SSSR count). The van der Waals surface area contributed by atoms with Crippen LogP contribution >= 0.6 is 0 Å². The Morgan fingerprint density at radius 3 is 2.35 bits per heavy atom. The first-order valence-electron chi connectivity index (χ1n) is 10.4. The predicted molar refractivity (Wildman–Crippen MR) is 119 cm³/mol. The van der Waals surface area contributed by atoms with Crippen molar-refractivity contribution in [3.63, 3.8) is 0 Å². The molecule has 2 aromatic rings. The van der Waals surface area contributed by atoms with Gasteiger partial charge < -0.3 is 10.1 Å². The highest BCUT2D eigenvalue weighted by Crippen LogP contribution is 2.25. The summed E-state index contributed by atoms with van der Waals surface area (Å²) in [6.45, 7) is 6.88. The lowest BCUT2D eigenvalue weighted by Crippen LogP contribution is -2.38. The zero-order valence-electron chi connectivity index (χ0n) is 18.1. The molecule has 0 spiro atoms. The normalized spacial score (nSPS) is 15.5. The maximum atomic E-state index is 13.0. The highest BCUT2D eigenvalue weighted by atomic mass is 32.2. The van der Waals surface area contributed by atoms with Crippen LogP contribution in [0, 0.1) is 12.8 Å². The van der Waals surface area contributed by atoms with Gasteiger partial charge in [-0.25, -0.2) is 13.2 Å². The lowest BCUT2D eigenvalue weighted by molar-refractivity contribution is 0.0526. The molecule has 166 valence electrons. The summed E-state index contributed by atoms with van der Waals surface area (Å²) < 4.78 is 32.5. The predicted octanol–water partition coefficient (Wildman–Crippen LogP) is 3.84. The van der Waals surface area contributed by atoms with Gasteiger partial charge >= 0.3 is 5.97 Å². The van der Waals surface area contributed by atoms with E-state index < -0.39 is 21.9 Å². The minimum Gasteiger partial charge on any atom is -0.462 e. The molecule has 1 aliphatic heterocycles. The first kappa shape index (κ1) is 23.0. The van der Waals surface area contributed by atoms with E-state index in [4.69, 9.17) is 4.74 Å². The number of benzene rings is 2. The number of esters is 1. The average molecular weight is 445 g/mol. The Bertz CT molecular complexity index is 1060. The molecule has 0 radical (unpaired) electrons. The number of amides is 1. The summed E-state index contributed by atoms with van der Waals surface area (Å²) in [6.07, 6.45) is 1.67. The summed E-state index contributed by atoms with van der Waals surface area (Å²) in [5, 5.41) is 2.76. The van der Waals surface area contributed by atoms with Crippen molar-refractivity contribution in [3.8, 4) is 0 Å². The number of ether oxygens (including phenoxy) is 1. The van der Waals surface area contributed by atoms with Gasteiger partial charge in [-0.1, -0.05) is 13.0 Å². The van der Waals surface area contributed by atoms with E-state index in [-0.39, 0.29) is 11.5 Å². The number of carbonyl (C=O) groups excluding carboxylic acids is 2. The van der Waals surface area contributed by atoms with Gasteiger partial charge in [-0.05, 0) is 74.6 Å². The Labute approximate surface area is 183 Å². The molecule has 0 saturated carbocycles. The van der Waals surface area contributed by atoms with Gasteiger partial charge in [0.1, 0.15) is 0 Å². The maximum Gasteiger partial charge on any atom is 0.338 e. The van der Waals surface area contributed by atoms with Crippen LogP contribution in [0.4, 0.5) is 5.69 Å². The van der Waals surface area contributed by atoms with Crippen LogP contribution in [0.5, 0.6) is 0 Å². The third-order valence-corrected chi connectivity index (χ3v) is 7.38. The molecule has 1 amide bonds. The zero-order valence-corrected chi connectivity index (χ0v) is 18.9. The topological polar surface area (TPSA) is 92.8 Å². The van der Waals surface area contributed by atoms with E-state index in [0.29, 0.717) is 41.4 Å². The molecule has 1 fully saturated rings. The molecule has 1 heterocycles. The van der Waals surface area contributed by atoms with Crippen LogP contribution in [0.25, 0.3) is 0 Å². The number of nitrogens with one attached hydrogen (secondary N) is 1. The van der Waals surface area contributed by atoms with Crippen LogP contribution in [0.3, 0.4) is 0 Å². The number of aryl methyl sites for hydroxylation is 1. The van der Waals surface area contributed by atoms with E-state index in [1.807, 2.05) is 0 Å². The van der Waals surface area contributed by atoms with Crippen LogP contribution in [-0.4, -0.2) is 44.3 Å². The highest BCUT2D eigenvalue weighted by molar-refractivity contribution is 7.89. The first-order valence-corrected chi connectivity index (χ1v) is 11.9. The van der Waals surface area contributed by atoms with Gasteiger partial charge in [-0.3, -0.25) is 4.79 Å². The van der Waals surface area contributed by atoms with Gasteiger partial charge in [-0.2, -0.15) is 4.31 Å². The van der Waals surface area contributed by atoms with Crippen molar-refractivity contribution < 1.29 is 22.7 Å². The standard InChI is InChI=1S/C23H28N2O5S/c1-4-30-23(27)18-6-8-19(9-7-18)24-22(26)21-15-20(10-5-17(21)3)31(28,29)25-13-11-16(2)12-14-25/h5-10,15-16H,4,11-14H2,1-3H3,(H,24,26). The van der Waals surface area contributed by atoms with Crippen molar-refractivity contribution in [1.29, 1.82) is 0 Å². The Kier molecular flexibility index (Phi) is 7.12. The summed E-state index contributed by atoms with van der Waals surface area (Å²) in [5.74, 6) is -0.326. The van der Waals surface area contributed by atoms with Crippen molar-refractivity contribution in [2.45, 2.75) is 38.5 Å². The second kappa shape index (κ2) is 9.62.